The van der Waals surface area contributed by atoms with E-state index < -0.39 is 0 Å². The highest BCUT2D eigenvalue weighted by molar-refractivity contribution is 6.14. The number of hydrogen-bond acceptors (Lipinski definition) is 2. The molecule has 0 aliphatic rings. The van der Waals surface area contributed by atoms with Gasteiger partial charge < -0.3 is 9.32 Å². The van der Waals surface area contributed by atoms with E-state index in [4.69, 9.17) is 4.42 Å². The van der Waals surface area contributed by atoms with E-state index in [1.165, 1.54) is 55.3 Å². The van der Waals surface area contributed by atoms with Crippen molar-refractivity contribution in [1.82, 2.24) is 0 Å². The number of anilines is 3. The molecule has 0 spiro atoms. The molecular weight excluding hydrogens is 727 g/mol. The summed E-state index contributed by atoms with van der Waals surface area (Å²) in [6, 6.07) is 84.8. The maximum atomic E-state index is 6.57. The highest BCUT2D eigenvalue weighted by atomic mass is 16.3. The van der Waals surface area contributed by atoms with Gasteiger partial charge in [-0.05, 0) is 115 Å². The van der Waals surface area contributed by atoms with Gasteiger partial charge in [-0.2, -0.15) is 0 Å². The highest BCUT2D eigenvalue weighted by Crippen LogP contribution is 2.45. The van der Waals surface area contributed by atoms with Crippen LogP contribution in [-0.2, 0) is 0 Å². The molecule has 2 heteroatoms. The van der Waals surface area contributed by atoms with Gasteiger partial charge in [0.15, 0.2) is 0 Å². The monoisotopic (exact) mass is 765 g/mol. The molecule has 60 heavy (non-hydrogen) atoms. The van der Waals surface area contributed by atoms with Crippen molar-refractivity contribution in [1.29, 1.82) is 0 Å². The largest absolute Gasteiger partial charge is 0.456 e. The smallest absolute Gasteiger partial charge is 0.137 e. The Bertz CT molecular complexity index is 3290. The third-order valence-corrected chi connectivity index (χ3v) is 11.7. The first-order chi connectivity index (χ1) is 29.8. The van der Waals surface area contributed by atoms with Gasteiger partial charge in [-0.25, -0.2) is 0 Å². The molecule has 0 N–H and O–H groups in total. The van der Waals surface area contributed by atoms with E-state index in [0.29, 0.717) is 0 Å². The third-order valence-electron chi connectivity index (χ3n) is 11.7. The lowest BCUT2D eigenvalue weighted by Crippen LogP contribution is -2.10. The van der Waals surface area contributed by atoms with E-state index in [1.807, 2.05) is 0 Å². The van der Waals surface area contributed by atoms with Crippen molar-refractivity contribution >= 4 is 49.8 Å². The van der Waals surface area contributed by atoms with Gasteiger partial charge >= 0.3 is 0 Å². The predicted octanol–water partition coefficient (Wildman–Crippen LogP) is 16.5. The number of rotatable bonds is 8. The van der Waals surface area contributed by atoms with Gasteiger partial charge in [0.05, 0.1) is 11.1 Å². The minimum absolute atomic E-state index is 0.854. The Labute approximate surface area is 349 Å². The number of benzene rings is 10. The van der Waals surface area contributed by atoms with Crippen LogP contribution in [0.5, 0.6) is 0 Å². The highest BCUT2D eigenvalue weighted by Gasteiger charge is 2.21. The molecular formula is C58H39NO. The molecule has 1 heterocycles. The first-order valence-corrected chi connectivity index (χ1v) is 20.5. The fraction of sp³-hybridized carbons (Fsp3) is 0. The van der Waals surface area contributed by atoms with Crippen LogP contribution >= 0.6 is 0 Å². The van der Waals surface area contributed by atoms with E-state index in [-0.39, 0.29) is 0 Å². The summed E-state index contributed by atoms with van der Waals surface area (Å²) >= 11 is 0. The molecule has 2 nitrogen and oxygen atoms in total. The average molecular weight is 766 g/mol. The molecule has 0 radical (unpaired) electrons. The Balaban J connectivity index is 1.06. The number of nitrogens with zero attached hydrogens (tertiary/aromatic N) is 1. The van der Waals surface area contributed by atoms with E-state index in [2.05, 4.69) is 241 Å². The molecule has 0 saturated heterocycles. The summed E-state index contributed by atoms with van der Waals surface area (Å²) in [7, 11) is 0. The van der Waals surface area contributed by atoms with Crippen molar-refractivity contribution < 1.29 is 4.42 Å². The van der Waals surface area contributed by atoms with Gasteiger partial charge in [0.25, 0.3) is 0 Å². The minimum Gasteiger partial charge on any atom is -0.456 e. The second-order valence-electron chi connectivity index (χ2n) is 15.2. The van der Waals surface area contributed by atoms with Crippen LogP contribution in [0.4, 0.5) is 17.1 Å². The van der Waals surface area contributed by atoms with Crippen LogP contribution in [0.15, 0.2) is 241 Å². The minimum atomic E-state index is 0.854. The van der Waals surface area contributed by atoms with Gasteiger partial charge in [-0.15, -0.1) is 0 Å². The van der Waals surface area contributed by atoms with Crippen molar-refractivity contribution in [2.45, 2.75) is 0 Å². The molecule has 0 aliphatic carbocycles. The predicted molar refractivity (Wildman–Crippen MR) is 253 cm³/mol. The quantitative estimate of drug-likeness (QED) is 0.153. The van der Waals surface area contributed by atoms with Gasteiger partial charge in [0, 0.05) is 16.8 Å². The van der Waals surface area contributed by atoms with E-state index in [0.717, 1.165) is 50.1 Å². The molecule has 0 aliphatic heterocycles. The molecule has 11 aromatic rings. The van der Waals surface area contributed by atoms with Gasteiger partial charge in [-0.3, -0.25) is 0 Å². The maximum Gasteiger partial charge on any atom is 0.137 e. The van der Waals surface area contributed by atoms with Crippen LogP contribution in [0.2, 0.25) is 0 Å². The normalized spacial score (nSPS) is 11.3. The maximum absolute atomic E-state index is 6.57. The van der Waals surface area contributed by atoms with Gasteiger partial charge in [0.1, 0.15) is 11.2 Å². The molecule has 0 bridgehead atoms. The Morgan fingerprint density at radius 3 is 1.43 bits per heavy atom. The van der Waals surface area contributed by atoms with Crippen LogP contribution < -0.4 is 4.90 Å². The standard InChI is InChI=1S/C58H39NO/c1-3-15-40(16-4-1)45-33-38-56-54(39-45)58-55(27-14-28-57(58)60-56)59(46-34-29-43(30-35-46)49-26-13-20-42-19-7-8-21-48(42)49)47-36-31-44(32-37-47)51-23-10-12-25-53(51)52-24-11-9-22-50(52)41-17-5-2-6-18-41/h1-39H. The lowest BCUT2D eigenvalue weighted by atomic mass is 9.89. The van der Waals surface area contributed by atoms with E-state index in [9.17, 15) is 0 Å². The zero-order valence-corrected chi connectivity index (χ0v) is 32.9. The van der Waals surface area contributed by atoms with E-state index >= 15 is 0 Å². The first-order valence-electron chi connectivity index (χ1n) is 20.5. The molecule has 10 aromatic carbocycles. The lowest BCUT2D eigenvalue weighted by Gasteiger charge is -2.27. The van der Waals surface area contributed by atoms with Crippen LogP contribution in [0.1, 0.15) is 0 Å². The summed E-state index contributed by atoms with van der Waals surface area (Å²) in [5, 5.41) is 4.65. The van der Waals surface area contributed by atoms with Crippen molar-refractivity contribution in [2.75, 3.05) is 4.90 Å². The second-order valence-corrected chi connectivity index (χ2v) is 15.2. The second kappa shape index (κ2) is 15.1. The first kappa shape index (κ1) is 35.2. The molecule has 0 fully saturated rings. The Hall–Kier alpha value is -7.94. The summed E-state index contributed by atoms with van der Waals surface area (Å²) in [5.74, 6) is 0. The number of hydrogen-bond donors (Lipinski definition) is 0. The van der Waals surface area contributed by atoms with Gasteiger partial charge in [-0.1, -0.05) is 188 Å². The topological polar surface area (TPSA) is 16.4 Å². The van der Waals surface area contributed by atoms with Crippen molar-refractivity contribution in [3.8, 4) is 55.6 Å². The zero-order chi connectivity index (χ0) is 39.8. The molecule has 1 aromatic heterocycles. The van der Waals surface area contributed by atoms with Crippen LogP contribution in [0.25, 0.3) is 88.3 Å². The van der Waals surface area contributed by atoms with Crippen molar-refractivity contribution in [2.24, 2.45) is 0 Å². The third kappa shape index (κ3) is 6.32. The van der Waals surface area contributed by atoms with Crippen LogP contribution in [0, 0.1) is 0 Å². The zero-order valence-electron chi connectivity index (χ0n) is 32.9. The summed E-state index contributed by atoms with van der Waals surface area (Å²) < 4.78 is 6.57. The number of fused-ring (bicyclic) bond motifs is 4. The Kier molecular flexibility index (Phi) is 8.87. The Morgan fingerprint density at radius 2 is 0.767 bits per heavy atom. The molecule has 11 rings (SSSR count). The SMILES string of the molecule is c1ccc(-c2ccc3oc4cccc(N(c5ccc(-c6ccccc6-c6ccccc6-c6ccccc6)cc5)c5ccc(-c6cccc7ccccc67)cc5)c4c3c2)cc1. The average Bonchev–Trinajstić information content (AvgIpc) is 3.71. The fourth-order valence-electron chi connectivity index (χ4n) is 8.85. The van der Waals surface area contributed by atoms with Crippen LogP contribution in [0.3, 0.4) is 0 Å². The summed E-state index contributed by atoms with van der Waals surface area (Å²) in [4.78, 5) is 2.37. The van der Waals surface area contributed by atoms with Crippen molar-refractivity contribution in [3.63, 3.8) is 0 Å². The molecule has 0 atom stereocenters. The molecule has 282 valence electrons. The fourth-order valence-corrected chi connectivity index (χ4v) is 8.85. The molecule has 0 saturated carbocycles. The molecule has 0 unspecified atom stereocenters. The summed E-state index contributed by atoms with van der Waals surface area (Å²) in [6.07, 6.45) is 0. The van der Waals surface area contributed by atoms with Gasteiger partial charge in [0.2, 0.25) is 0 Å². The summed E-state index contributed by atoms with van der Waals surface area (Å²) in [5.41, 5.74) is 16.8. The van der Waals surface area contributed by atoms with Crippen LogP contribution in [-0.4, -0.2) is 0 Å². The Morgan fingerprint density at radius 1 is 0.283 bits per heavy atom. The summed E-state index contributed by atoms with van der Waals surface area (Å²) in [6.45, 7) is 0. The molecule has 0 amide bonds. The van der Waals surface area contributed by atoms with Crippen molar-refractivity contribution in [3.05, 3.63) is 237 Å². The van der Waals surface area contributed by atoms with E-state index in [1.54, 1.807) is 0 Å². The lowest BCUT2D eigenvalue weighted by molar-refractivity contribution is 0.669. The number of furan rings is 1.